The summed E-state index contributed by atoms with van der Waals surface area (Å²) in [6.07, 6.45) is 4.95. The molecule has 0 spiro atoms. The van der Waals surface area contributed by atoms with Gasteiger partial charge in [-0.15, -0.1) is 0 Å². The van der Waals surface area contributed by atoms with E-state index in [1.165, 1.54) is 18.3 Å². The van der Waals surface area contributed by atoms with Crippen molar-refractivity contribution in [3.63, 3.8) is 0 Å². The van der Waals surface area contributed by atoms with Gasteiger partial charge in [-0.2, -0.15) is 0 Å². The van der Waals surface area contributed by atoms with E-state index < -0.39 is 5.91 Å². The van der Waals surface area contributed by atoms with Crippen LogP contribution in [0.1, 0.15) is 21.5 Å². The summed E-state index contributed by atoms with van der Waals surface area (Å²) in [5.41, 5.74) is 8.78. The first-order valence-electron chi connectivity index (χ1n) is 9.16. The lowest BCUT2D eigenvalue weighted by atomic mass is 10.0. The zero-order valence-electron chi connectivity index (χ0n) is 15.8. The Labute approximate surface area is 171 Å². The number of primary amides is 1. The number of carbonyl (C=O) groups is 2. The van der Waals surface area contributed by atoms with Crippen molar-refractivity contribution in [2.45, 2.75) is 0 Å². The van der Waals surface area contributed by atoms with Crippen molar-refractivity contribution >= 4 is 40.2 Å². The van der Waals surface area contributed by atoms with Crippen molar-refractivity contribution in [3.05, 3.63) is 89.7 Å². The van der Waals surface area contributed by atoms with Crippen LogP contribution in [0.5, 0.6) is 5.75 Å². The number of hydrogen-bond donors (Lipinski definition) is 4. The maximum absolute atomic E-state index is 12.4. The fourth-order valence-corrected chi connectivity index (χ4v) is 3.13. The van der Waals surface area contributed by atoms with Crippen molar-refractivity contribution in [2.24, 2.45) is 5.73 Å². The Bertz CT molecular complexity index is 1280. The van der Waals surface area contributed by atoms with Crippen LogP contribution < -0.4 is 11.1 Å². The molecular weight excluding hydrogens is 380 g/mol. The van der Waals surface area contributed by atoms with E-state index in [2.05, 4.69) is 15.3 Å². The summed E-state index contributed by atoms with van der Waals surface area (Å²) >= 11 is 0. The highest BCUT2D eigenvalue weighted by Gasteiger charge is 2.12. The third-order valence-electron chi connectivity index (χ3n) is 4.58. The number of nitrogens with zero attached hydrogens (tertiary/aromatic N) is 1. The van der Waals surface area contributed by atoms with Crippen LogP contribution in [0.25, 0.3) is 22.7 Å². The second-order valence-corrected chi connectivity index (χ2v) is 6.66. The highest BCUT2D eigenvalue weighted by molar-refractivity contribution is 6.24. The SMILES string of the molecule is NC(=O)/C(=C\c1c[nH]c2ncc(NC(=O)c3cccc(O)c3)cc12)c1ccccc1. The summed E-state index contributed by atoms with van der Waals surface area (Å²) < 4.78 is 0. The second kappa shape index (κ2) is 7.92. The number of H-pyrrole nitrogens is 1. The largest absolute Gasteiger partial charge is 0.508 e. The first-order chi connectivity index (χ1) is 14.5. The summed E-state index contributed by atoms with van der Waals surface area (Å²) in [7, 11) is 0. The average molecular weight is 398 g/mol. The number of fused-ring (bicyclic) bond motifs is 1. The Kier molecular flexibility index (Phi) is 5.00. The topological polar surface area (TPSA) is 121 Å². The average Bonchev–Trinajstić information content (AvgIpc) is 3.14. The maximum Gasteiger partial charge on any atom is 0.255 e. The molecule has 0 saturated heterocycles. The number of phenolic OH excluding ortho intramolecular Hbond substituents is 1. The number of nitrogens with one attached hydrogen (secondary N) is 2. The van der Waals surface area contributed by atoms with E-state index in [0.29, 0.717) is 33.6 Å². The molecule has 0 bridgehead atoms. The Morgan fingerprint density at radius 3 is 2.53 bits per heavy atom. The molecule has 5 N–H and O–H groups in total. The number of phenols is 1. The molecular formula is C23H18N4O3. The number of amides is 2. The predicted octanol–water partition coefficient (Wildman–Crippen LogP) is 3.55. The van der Waals surface area contributed by atoms with E-state index in [4.69, 9.17) is 5.73 Å². The van der Waals surface area contributed by atoms with E-state index >= 15 is 0 Å². The van der Waals surface area contributed by atoms with Crippen LogP contribution in [0.2, 0.25) is 0 Å². The van der Waals surface area contributed by atoms with Crippen LogP contribution in [-0.4, -0.2) is 26.9 Å². The standard InChI is InChI=1S/C23H18N4O3/c24-21(29)19(14-5-2-1-3-6-14)10-16-12-25-22-20(16)11-17(13-26-22)27-23(30)15-7-4-8-18(28)9-15/h1-13,28H,(H2,24,29)(H,25,26)(H,27,30)/b19-10-. The first-order valence-corrected chi connectivity index (χ1v) is 9.16. The van der Waals surface area contributed by atoms with E-state index in [1.54, 1.807) is 30.5 Å². The quantitative estimate of drug-likeness (QED) is 0.384. The van der Waals surface area contributed by atoms with Crippen molar-refractivity contribution in [1.29, 1.82) is 0 Å². The summed E-state index contributed by atoms with van der Waals surface area (Å²) in [5, 5.41) is 13.0. The van der Waals surface area contributed by atoms with Gasteiger partial charge in [0.05, 0.1) is 11.9 Å². The molecule has 0 atom stereocenters. The molecule has 4 rings (SSSR count). The van der Waals surface area contributed by atoms with E-state index in [-0.39, 0.29) is 11.7 Å². The minimum absolute atomic E-state index is 0.00850. The monoisotopic (exact) mass is 398 g/mol. The predicted molar refractivity (Wildman–Crippen MR) is 116 cm³/mol. The molecule has 0 radical (unpaired) electrons. The van der Waals surface area contributed by atoms with Gasteiger partial charge in [0.25, 0.3) is 5.91 Å². The summed E-state index contributed by atoms with van der Waals surface area (Å²) in [6.45, 7) is 0. The van der Waals surface area contributed by atoms with Crippen molar-refractivity contribution in [3.8, 4) is 5.75 Å². The number of rotatable bonds is 5. The lowest BCUT2D eigenvalue weighted by molar-refractivity contribution is -0.112. The number of hydrogen-bond acceptors (Lipinski definition) is 4. The van der Waals surface area contributed by atoms with E-state index in [1.807, 2.05) is 30.3 Å². The number of aromatic hydroxyl groups is 1. The smallest absolute Gasteiger partial charge is 0.255 e. The van der Waals surface area contributed by atoms with Gasteiger partial charge >= 0.3 is 0 Å². The lowest BCUT2D eigenvalue weighted by Gasteiger charge is -2.06. The molecule has 2 heterocycles. The number of aromatic amines is 1. The molecule has 0 aliphatic heterocycles. The van der Waals surface area contributed by atoms with E-state index in [9.17, 15) is 14.7 Å². The first kappa shape index (κ1) is 18.9. The molecule has 0 saturated carbocycles. The Morgan fingerprint density at radius 2 is 1.80 bits per heavy atom. The molecule has 30 heavy (non-hydrogen) atoms. The van der Waals surface area contributed by atoms with Crippen molar-refractivity contribution in [2.75, 3.05) is 5.32 Å². The van der Waals surface area contributed by atoms with Gasteiger partial charge < -0.3 is 21.1 Å². The van der Waals surface area contributed by atoms with Crippen LogP contribution in [0.3, 0.4) is 0 Å². The number of benzene rings is 2. The Balaban J connectivity index is 1.69. The summed E-state index contributed by atoms with van der Waals surface area (Å²) in [4.78, 5) is 31.8. The van der Waals surface area contributed by atoms with Crippen molar-refractivity contribution in [1.82, 2.24) is 9.97 Å². The summed E-state index contributed by atoms with van der Waals surface area (Å²) in [6, 6.07) is 17.0. The lowest BCUT2D eigenvalue weighted by Crippen LogP contribution is -2.12. The van der Waals surface area contributed by atoms with Gasteiger partial charge in [0.1, 0.15) is 11.4 Å². The Hall–Kier alpha value is -4.39. The zero-order valence-corrected chi connectivity index (χ0v) is 15.8. The molecule has 2 aromatic carbocycles. The van der Waals surface area contributed by atoms with Crippen LogP contribution in [0.4, 0.5) is 5.69 Å². The molecule has 7 nitrogen and oxygen atoms in total. The van der Waals surface area contributed by atoms with Gasteiger partial charge in [0.15, 0.2) is 0 Å². The molecule has 4 aromatic rings. The highest BCUT2D eigenvalue weighted by atomic mass is 16.3. The minimum Gasteiger partial charge on any atom is -0.508 e. The fourth-order valence-electron chi connectivity index (χ4n) is 3.13. The number of pyridine rings is 1. The molecule has 0 aliphatic carbocycles. The highest BCUT2D eigenvalue weighted by Crippen LogP contribution is 2.25. The summed E-state index contributed by atoms with van der Waals surface area (Å²) in [5.74, 6) is -0.909. The number of nitrogens with two attached hydrogens (primary N) is 1. The zero-order chi connectivity index (χ0) is 21.1. The van der Waals surface area contributed by atoms with E-state index in [0.717, 1.165) is 5.39 Å². The third kappa shape index (κ3) is 3.90. The van der Waals surface area contributed by atoms with Crippen LogP contribution in [0, 0.1) is 0 Å². The van der Waals surface area contributed by atoms with Crippen molar-refractivity contribution < 1.29 is 14.7 Å². The fraction of sp³-hybridized carbons (Fsp3) is 0. The number of aromatic nitrogens is 2. The minimum atomic E-state index is -0.545. The van der Waals surface area contributed by atoms with Gasteiger partial charge in [-0.3, -0.25) is 9.59 Å². The maximum atomic E-state index is 12.4. The molecule has 0 aliphatic rings. The van der Waals surface area contributed by atoms with Crippen LogP contribution >= 0.6 is 0 Å². The van der Waals surface area contributed by atoms with Crippen LogP contribution in [-0.2, 0) is 4.79 Å². The molecule has 0 fully saturated rings. The normalized spacial score (nSPS) is 11.4. The van der Waals surface area contributed by atoms with Gasteiger partial charge in [-0.1, -0.05) is 36.4 Å². The molecule has 7 heteroatoms. The Morgan fingerprint density at radius 1 is 1.03 bits per heavy atom. The van der Waals surface area contributed by atoms with Gasteiger partial charge in [0.2, 0.25) is 5.91 Å². The number of carbonyl (C=O) groups excluding carboxylic acids is 2. The van der Waals surface area contributed by atoms with Crippen LogP contribution in [0.15, 0.2) is 73.1 Å². The molecule has 2 amide bonds. The number of anilines is 1. The van der Waals surface area contributed by atoms with Gasteiger partial charge in [0, 0.05) is 28.3 Å². The molecule has 2 aromatic heterocycles. The van der Waals surface area contributed by atoms with Gasteiger partial charge in [-0.25, -0.2) is 4.98 Å². The third-order valence-corrected chi connectivity index (χ3v) is 4.58. The molecule has 0 unspecified atom stereocenters. The second-order valence-electron chi connectivity index (χ2n) is 6.66. The molecule has 148 valence electrons. The van der Waals surface area contributed by atoms with Gasteiger partial charge in [-0.05, 0) is 35.9 Å².